The minimum atomic E-state index is -0.0882. The Morgan fingerprint density at radius 3 is 2.29 bits per heavy atom. The Kier molecular flexibility index (Phi) is 5.44. The molecule has 3 heteroatoms. The zero-order valence-corrected chi connectivity index (χ0v) is 11.8. The van der Waals surface area contributed by atoms with Gasteiger partial charge in [-0.05, 0) is 51.9 Å². The van der Waals surface area contributed by atoms with Crippen molar-refractivity contribution in [3.63, 3.8) is 0 Å². The van der Waals surface area contributed by atoms with Crippen LogP contribution in [-0.2, 0) is 11.2 Å². The van der Waals surface area contributed by atoms with E-state index < -0.39 is 0 Å². The molecule has 1 unspecified atom stereocenters. The fraction of sp³-hybridized carbons (Fsp3) is 0.571. The van der Waals surface area contributed by atoms with Gasteiger partial charge in [-0.1, -0.05) is 23.7 Å². The maximum absolute atomic E-state index is 5.86. The van der Waals surface area contributed by atoms with Crippen molar-refractivity contribution in [1.29, 1.82) is 0 Å². The predicted octanol–water partition coefficient (Wildman–Crippen LogP) is 3.29. The van der Waals surface area contributed by atoms with E-state index in [1.165, 1.54) is 5.56 Å². The molecule has 0 radical (unpaired) electrons. The number of likely N-dealkylation sites (N-methyl/N-ethyl adjacent to an activating group) is 1. The summed E-state index contributed by atoms with van der Waals surface area (Å²) >= 11 is 5.86. The van der Waals surface area contributed by atoms with E-state index in [1.807, 2.05) is 19.2 Å². The fourth-order valence-electron chi connectivity index (χ4n) is 1.50. The number of rotatable bonds is 5. The molecule has 1 aromatic rings. The third-order valence-corrected chi connectivity index (χ3v) is 2.77. The quantitative estimate of drug-likeness (QED) is 0.872. The van der Waals surface area contributed by atoms with Crippen LogP contribution in [-0.4, -0.2) is 25.3 Å². The van der Waals surface area contributed by atoms with Crippen molar-refractivity contribution >= 4 is 11.6 Å². The lowest BCUT2D eigenvalue weighted by Crippen LogP contribution is -2.36. The fourth-order valence-corrected chi connectivity index (χ4v) is 1.63. The smallest absolute Gasteiger partial charge is 0.0629 e. The van der Waals surface area contributed by atoms with Crippen LogP contribution in [0.3, 0.4) is 0 Å². The summed E-state index contributed by atoms with van der Waals surface area (Å²) < 4.78 is 5.79. The van der Waals surface area contributed by atoms with Gasteiger partial charge in [0.1, 0.15) is 0 Å². The molecule has 0 aromatic heterocycles. The molecule has 0 aliphatic rings. The lowest BCUT2D eigenvalue weighted by atomic mass is 10.1. The average Bonchev–Trinajstić information content (AvgIpc) is 2.25. The van der Waals surface area contributed by atoms with E-state index in [2.05, 4.69) is 38.2 Å². The minimum Gasteiger partial charge on any atom is -0.374 e. The van der Waals surface area contributed by atoms with Gasteiger partial charge in [0.15, 0.2) is 0 Å². The Morgan fingerprint density at radius 1 is 1.24 bits per heavy atom. The third kappa shape index (κ3) is 6.06. The van der Waals surface area contributed by atoms with Crippen LogP contribution in [0.4, 0.5) is 0 Å². The molecule has 17 heavy (non-hydrogen) atoms. The summed E-state index contributed by atoms with van der Waals surface area (Å²) in [5, 5.41) is 4.06. The number of hydrogen-bond acceptors (Lipinski definition) is 2. The van der Waals surface area contributed by atoms with E-state index >= 15 is 0 Å². The molecule has 0 saturated carbocycles. The molecule has 2 nitrogen and oxygen atoms in total. The summed E-state index contributed by atoms with van der Waals surface area (Å²) in [4.78, 5) is 0. The molecule has 0 aliphatic carbocycles. The Balaban J connectivity index is 2.49. The molecule has 1 N–H and O–H groups in total. The number of nitrogens with one attached hydrogen (secondary N) is 1. The first-order valence-corrected chi connectivity index (χ1v) is 6.34. The maximum atomic E-state index is 5.86. The first-order chi connectivity index (χ1) is 7.90. The summed E-state index contributed by atoms with van der Waals surface area (Å²) in [5.41, 5.74) is 1.18. The van der Waals surface area contributed by atoms with Gasteiger partial charge in [0.2, 0.25) is 0 Å². The highest BCUT2D eigenvalue weighted by atomic mass is 35.5. The summed E-state index contributed by atoms with van der Waals surface area (Å²) in [6.45, 7) is 6.93. The lowest BCUT2D eigenvalue weighted by molar-refractivity contribution is -0.0134. The van der Waals surface area contributed by atoms with Crippen molar-refractivity contribution in [2.45, 2.75) is 38.8 Å². The van der Waals surface area contributed by atoms with E-state index in [0.29, 0.717) is 12.6 Å². The highest BCUT2D eigenvalue weighted by Crippen LogP contribution is 2.13. The predicted molar refractivity (Wildman–Crippen MR) is 73.7 cm³/mol. The Morgan fingerprint density at radius 2 is 1.82 bits per heavy atom. The third-order valence-electron chi connectivity index (χ3n) is 2.52. The molecular formula is C14H22ClNO. The van der Waals surface area contributed by atoms with Gasteiger partial charge in [0, 0.05) is 11.1 Å². The van der Waals surface area contributed by atoms with Crippen LogP contribution in [0.15, 0.2) is 24.3 Å². The standard InChI is InChI=1S/C14H22ClNO/c1-14(2,3)17-10-13(16-4)9-11-5-7-12(15)8-6-11/h5-8,13,16H,9-10H2,1-4H3. The second-order valence-corrected chi connectivity index (χ2v) is 5.68. The van der Waals surface area contributed by atoms with Crippen molar-refractivity contribution in [2.75, 3.05) is 13.7 Å². The zero-order chi connectivity index (χ0) is 12.9. The summed E-state index contributed by atoms with van der Waals surface area (Å²) in [6, 6.07) is 8.30. The molecule has 0 heterocycles. The van der Waals surface area contributed by atoms with E-state index in [0.717, 1.165) is 11.4 Å². The topological polar surface area (TPSA) is 21.3 Å². The molecule has 1 aromatic carbocycles. The van der Waals surface area contributed by atoms with Crippen molar-refractivity contribution in [2.24, 2.45) is 0 Å². The van der Waals surface area contributed by atoms with Gasteiger partial charge in [-0.25, -0.2) is 0 Å². The van der Waals surface area contributed by atoms with E-state index in [4.69, 9.17) is 16.3 Å². The summed E-state index contributed by atoms with van der Waals surface area (Å²) in [7, 11) is 1.96. The van der Waals surface area contributed by atoms with E-state index in [9.17, 15) is 0 Å². The van der Waals surface area contributed by atoms with E-state index in [1.54, 1.807) is 0 Å². The van der Waals surface area contributed by atoms with Gasteiger partial charge < -0.3 is 10.1 Å². The van der Waals surface area contributed by atoms with Crippen LogP contribution in [0.1, 0.15) is 26.3 Å². The van der Waals surface area contributed by atoms with Gasteiger partial charge in [-0.15, -0.1) is 0 Å². The molecule has 96 valence electrons. The van der Waals surface area contributed by atoms with Crippen LogP contribution in [0.25, 0.3) is 0 Å². The summed E-state index contributed by atoms with van der Waals surface area (Å²) in [5.74, 6) is 0. The van der Waals surface area contributed by atoms with Crippen molar-refractivity contribution in [1.82, 2.24) is 5.32 Å². The van der Waals surface area contributed by atoms with Gasteiger partial charge in [-0.2, -0.15) is 0 Å². The Labute approximate surface area is 109 Å². The molecule has 0 fully saturated rings. The first kappa shape index (κ1) is 14.5. The van der Waals surface area contributed by atoms with Crippen molar-refractivity contribution < 1.29 is 4.74 Å². The number of ether oxygens (including phenoxy) is 1. The van der Waals surface area contributed by atoms with Crippen molar-refractivity contribution in [3.05, 3.63) is 34.9 Å². The lowest BCUT2D eigenvalue weighted by Gasteiger charge is -2.24. The average molecular weight is 256 g/mol. The monoisotopic (exact) mass is 255 g/mol. The summed E-state index contributed by atoms with van der Waals surface area (Å²) in [6.07, 6.45) is 0.948. The molecule has 0 spiro atoms. The molecular weight excluding hydrogens is 234 g/mol. The number of hydrogen-bond donors (Lipinski definition) is 1. The number of benzene rings is 1. The highest BCUT2D eigenvalue weighted by Gasteiger charge is 2.14. The molecule has 1 rings (SSSR count). The highest BCUT2D eigenvalue weighted by molar-refractivity contribution is 6.30. The molecule has 0 saturated heterocycles. The molecule has 0 aliphatic heterocycles. The van der Waals surface area contributed by atoms with Gasteiger partial charge in [0.25, 0.3) is 0 Å². The Bertz CT molecular complexity index is 329. The second kappa shape index (κ2) is 6.39. The van der Waals surface area contributed by atoms with Gasteiger partial charge >= 0.3 is 0 Å². The zero-order valence-electron chi connectivity index (χ0n) is 11.1. The normalized spacial score (nSPS) is 13.7. The van der Waals surface area contributed by atoms with Gasteiger partial charge in [0.05, 0.1) is 12.2 Å². The molecule has 0 amide bonds. The van der Waals surface area contributed by atoms with Crippen LogP contribution >= 0.6 is 11.6 Å². The minimum absolute atomic E-state index is 0.0882. The van der Waals surface area contributed by atoms with Gasteiger partial charge in [-0.3, -0.25) is 0 Å². The van der Waals surface area contributed by atoms with Crippen LogP contribution < -0.4 is 5.32 Å². The van der Waals surface area contributed by atoms with E-state index in [-0.39, 0.29) is 5.60 Å². The largest absolute Gasteiger partial charge is 0.374 e. The van der Waals surface area contributed by atoms with Crippen LogP contribution in [0.5, 0.6) is 0 Å². The van der Waals surface area contributed by atoms with Crippen LogP contribution in [0.2, 0.25) is 5.02 Å². The van der Waals surface area contributed by atoms with Crippen LogP contribution in [0, 0.1) is 0 Å². The van der Waals surface area contributed by atoms with Crippen molar-refractivity contribution in [3.8, 4) is 0 Å². The first-order valence-electron chi connectivity index (χ1n) is 5.96. The molecule has 1 atom stereocenters. The maximum Gasteiger partial charge on any atom is 0.0629 e. The molecule has 0 bridgehead atoms. The second-order valence-electron chi connectivity index (χ2n) is 5.24. The SMILES string of the molecule is CNC(COC(C)(C)C)Cc1ccc(Cl)cc1. The Hall–Kier alpha value is -0.570. The number of halogens is 1.